The molecule has 23 heavy (non-hydrogen) atoms. The molecule has 1 aliphatic rings. The first-order valence-corrected chi connectivity index (χ1v) is 11.0. The number of allylic oxidation sites excluding steroid dienone is 2. The van der Waals surface area contributed by atoms with Gasteiger partial charge in [0.25, 0.3) is 0 Å². The summed E-state index contributed by atoms with van der Waals surface area (Å²) in [4.78, 5) is 0. The van der Waals surface area contributed by atoms with Crippen molar-refractivity contribution in [3.63, 3.8) is 0 Å². The molecule has 0 spiro atoms. The number of unbranched alkanes of at least 4 members (excludes halogenated alkanes) is 11. The Morgan fingerprint density at radius 3 is 1.70 bits per heavy atom. The van der Waals surface area contributed by atoms with Crippen LogP contribution in [0.15, 0.2) is 12.2 Å². The van der Waals surface area contributed by atoms with E-state index in [0.29, 0.717) is 0 Å². The van der Waals surface area contributed by atoms with Crippen LogP contribution in [0, 0.1) is 0 Å². The summed E-state index contributed by atoms with van der Waals surface area (Å²) in [6, 6.07) is 0. The quantitative estimate of drug-likeness (QED) is 0.165. The predicted octanol–water partition coefficient (Wildman–Crippen LogP) is 6.77. The van der Waals surface area contributed by atoms with Gasteiger partial charge in [0.15, 0.2) is 6.29 Å². The summed E-state index contributed by atoms with van der Waals surface area (Å²) in [7, 11) is 0. The first kappa shape index (κ1) is 21.2. The second-order valence-electron chi connectivity index (χ2n) is 6.59. The van der Waals surface area contributed by atoms with E-state index < -0.39 is 0 Å². The van der Waals surface area contributed by atoms with Crippen LogP contribution in [0.5, 0.6) is 0 Å². The largest absolute Gasteiger partial charge is 0.350 e. The van der Waals surface area contributed by atoms with Gasteiger partial charge in [-0.3, -0.25) is 0 Å². The van der Waals surface area contributed by atoms with Gasteiger partial charge in [0.1, 0.15) is 0 Å². The average Bonchev–Trinajstić information content (AvgIpc) is 3.08. The molecule has 0 aromatic carbocycles. The standard InChI is InChI=1S/C20H37BrO2/c21-17-15-13-11-9-7-5-3-1-2-4-6-8-10-12-14-16-20-22-18-19-23-20/h1-2,20H,3-19H2/b2-1-. The monoisotopic (exact) mass is 388 g/mol. The molecule has 1 aliphatic heterocycles. The van der Waals surface area contributed by atoms with Crippen LogP contribution in [0.2, 0.25) is 0 Å². The van der Waals surface area contributed by atoms with Crippen LogP contribution < -0.4 is 0 Å². The van der Waals surface area contributed by atoms with Crippen LogP contribution >= 0.6 is 15.9 Å². The van der Waals surface area contributed by atoms with E-state index in [-0.39, 0.29) is 6.29 Å². The molecule has 0 N–H and O–H groups in total. The number of hydrogen-bond donors (Lipinski definition) is 0. The minimum Gasteiger partial charge on any atom is -0.350 e. The fourth-order valence-corrected chi connectivity index (χ4v) is 3.37. The fourth-order valence-electron chi connectivity index (χ4n) is 2.98. The van der Waals surface area contributed by atoms with Crippen molar-refractivity contribution in [2.75, 3.05) is 18.5 Å². The molecule has 1 fully saturated rings. The molecule has 0 amide bonds. The van der Waals surface area contributed by atoms with Gasteiger partial charge in [-0.25, -0.2) is 0 Å². The van der Waals surface area contributed by atoms with E-state index in [4.69, 9.17) is 9.47 Å². The van der Waals surface area contributed by atoms with Gasteiger partial charge in [-0.05, 0) is 44.9 Å². The average molecular weight is 389 g/mol. The minimum absolute atomic E-state index is 0.0994. The van der Waals surface area contributed by atoms with Crippen molar-refractivity contribution >= 4 is 15.9 Å². The molecule has 0 saturated carbocycles. The maximum Gasteiger partial charge on any atom is 0.157 e. The topological polar surface area (TPSA) is 18.5 Å². The van der Waals surface area contributed by atoms with Crippen LogP contribution in [-0.4, -0.2) is 24.8 Å². The highest BCUT2D eigenvalue weighted by atomic mass is 79.9. The van der Waals surface area contributed by atoms with E-state index in [1.54, 1.807) is 0 Å². The SMILES string of the molecule is BrCCCCCCCC/C=C\CCCCCCCC1OCCO1. The van der Waals surface area contributed by atoms with E-state index in [9.17, 15) is 0 Å². The van der Waals surface area contributed by atoms with Gasteiger partial charge in [0.05, 0.1) is 13.2 Å². The molecule has 1 heterocycles. The lowest BCUT2D eigenvalue weighted by molar-refractivity contribution is -0.0480. The maximum atomic E-state index is 5.44. The lowest BCUT2D eigenvalue weighted by Crippen LogP contribution is -2.06. The Morgan fingerprint density at radius 2 is 1.13 bits per heavy atom. The molecule has 0 aliphatic carbocycles. The van der Waals surface area contributed by atoms with Crippen molar-refractivity contribution < 1.29 is 9.47 Å². The first-order chi connectivity index (χ1) is 11.4. The molecular weight excluding hydrogens is 352 g/mol. The van der Waals surface area contributed by atoms with E-state index >= 15 is 0 Å². The molecule has 0 radical (unpaired) electrons. The molecular formula is C20H37BrO2. The van der Waals surface area contributed by atoms with E-state index in [1.165, 1.54) is 88.8 Å². The van der Waals surface area contributed by atoms with Crippen molar-refractivity contribution in [2.45, 2.75) is 96.2 Å². The van der Waals surface area contributed by atoms with Crippen LogP contribution in [0.1, 0.15) is 89.9 Å². The van der Waals surface area contributed by atoms with E-state index in [1.807, 2.05) is 0 Å². The van der Waals surface area contributed by atoms with E-state index in [0.717, 1.165) is 19.6 Å². The van der Waals surface area contributed by atoms with Crippen molar-refractivity contribution in [1.82, 2.24) is 0 Å². The third-order valence-electron chi connectivity index (χ3n) is 4.42. The molecule has 0 aromatic rings. The minimum atomic E-state index is 0.0994. The van der Waals surface area contributed by atoms with Crippen LogP contribution in [0.25, 0.3) is 0 Å². The van der Waals surface area contributed by atoms with Crippen molar-refractivity contribution in [2.24, 2.45) is 0 Å². The lowest BCUT2D eigenvalue weighted by atomic mass is 10.1. The lowest BCUT2D eigenvalue weighted by Gasteiger charge is -2.07. The number of ether oxygens (including phenoxy) is 2. The Bertz CT molecular complexity index is 262. The molecule has 1 rings (SSSR count). The van der Waals surface area contributed by atoms with Crippen LogP contribution in [-0.2, 0) is 9.47 Å². The van der Waals surface area contributed by atoms with Crippen LogP contribution in [0.4, 0.5) is 0 Å². The zero-order valence-corrected chi connectivity index (χ0v) is 16.5. The Labute approximate surface area is 152 Å². The number of rotatable bonds is 16. The Kier molecular flexibility index (Phi) is 15.6. The van der Waals surface area contributed by atoms with Gasteiger partial charge in [-0.2, -0.15) is 0 Å². The third kappa shape index (κ3) is 14.2. The zero-order chi connectivity index (χ0) is 16.4. The molecule has 0 unspecified atom stereocenters. The summed E-state index contributed by atoms with van der Waals surface area (Å²) >= 11 is 3.49. The number of halogens is 1. The smallest absolute Gasteiger partial charge is 0.157 e. The second kappa shape index (κ2) is 17.0. The summed E-state index contributed by atoms with van der Waals surface area (Å²) in [6.07, 6.45) is 23.5. The second-order valence-corrected chi connectivity index (χ2v) is 7.38. The van der Waals surface area contributed by atoms with Crippen molar-refractivity contribution in [3.8, 4) is 0 Å². The Hall–Kier alpha value is 0.140. The van der Waals surface area contributed by atoms with Gasteiger partial charge in [0, 0.05) is 5.33 Å². The number of alkyl halides is 1. The predicted molar refractivity (Wildman–Crippen MR) is 103 cm³/mol. The normalized spacial score (nSPS) is 15.9. The molecule has 0 aromatic heterocycles. The first-order valence-electron chi connectivity index (χ1n) is 9.87. The molecule has 0 atom stereocenters. The summed E-state index contributed by atoms with van der Waals surface area (Å²) in [5, 5.41) is 1.17. The highest BCUT2D eigenvalue weighted by Gasteiger charge is 2.14. The van der Waals surface area contributed by atoms with Gasteiger partial charge >= 0.3 is 0 Å². The molecule has 136 valence electrons. The molecule has 3 heteroatoms. The molecule has 1 saturated heterocycles. The van der Waals surface area contributed by atoms with Crippen molar-refractivity contribution in [1.29, 1.82) is 0 Å². The highest BCUT2D eigenvalue weighted by molar-refractivity contribution is 9.09. The fraction of sp³-hybridized carbons (Fsp3) is 0.900. The highest BCUT2D eigenvalue weighted by Crippen LogP contribution is 2.14. The van der Waals surface area contributed by atoms with Gasteiger partial charge in [-0.1, -0.05) is 73.0 Å². The van der Waals surface area contributed by atoms with Gasteiger partial charge < -0.3 is 9.47 Å². The maximum absolute atomic E-state index is 5.44. The van der Waals surface area contributed by atoms with Crippen molar-refractivity contribution in [3.05, 3.63) is 12.2 Å². The Morgan fingerprint density at radius 1 is 0.652 bits per heavy atom. The summed E-state index contributed by atoms with van der Waals surface area (Å²) < 4.78 is 10.9. The summed E-state index contributed by atoms with van der Waals surface area (Å²) in [6.45, 7) is 1.57. The molecule has 2 nitrogen and oxygen atoms in total. The van der Waals surface area contributed by atoms with Gasteiger partial charge in [-0.15, -0.1) is 0 Å². The summed E-state index contributed by atoms with van der Waals surface area (Å²) in [5.41, 5.74) is 0. The summed E-state index contributed by atoms with van der Waals surface area (Å²) in [5.74, 6) is 0. The number of hydrogen-bond acceptors (Lipinski definition) is 2. The van der Waals surface area contributed by atoms with Gasteiger partial charge in [0.2, 0.25) is 0 Å². The molecule has 0 bridgehead atoms. The Balaban J connectivity index is 1.70. The van der Waals surface area contributed by atoms with Crippen LogP contribution in [0.3, 0.4) is 0 Å². The third-order valence-corrected chi connectivity index (χ3v) is 4.98. The van der Waals surface area contributed by atoms with E-state index in [2.05, 4.69) is 28.1 Å². The zero-order valence-electron chi connectivity index (χ0n) is 14.9.